The number of carbonyl (C=O) groups is 1. The fourth-order valence-electron chi connectivity index (χ4n) is 2.69. The number of nitrogens with zero attached hydrogens (tertiary/aromatic N) is 5. The van der Waals surface area contributed by atoms with Crippen molar-refractivity contribution in [1.29, 1.82) is 0 Å². The Labute approximate surface area is 133 Å². The Kier molecular flexibility index (Phi) is 6.12. The molecule has 2 heterocycles. The number of aromatic nitrogens is 2. The third-order valence-corrected chi connectivity index (χ3v) is 3.97. The van der Waals surface area contributed by atoms with Gasteiger partial charge >= 0.3 is 0 Å². The van der Waals surface area contributed by atoms with Crippen molar-refractivity contribution in [3.8, 4) is 0 Å². The van der Waals surface area contributed by atoms with E-state index in [0.717, 1.165) is 57.9 Å². The van der Waals surface area contributed by atoms with Crippen molar-refractivity contribution < 1.29 is 4.79 Å². The van der Waals surface area contributed by atoms with Crippen LogP contribution in [0.15, 0.2) is 12.4 Å². The first-order chi connectivity index (χ1) is 10.7. The van der Waals surface area contributed by atoms with Gasteiger partial charge in [0, 0.05) is 45.3 Å². The Hall–Kier alpha value is -1.69. The third-order valence-electron chi connectivity index (χ3n) is 3.97. The van der Waals surface area contributed by atoms with Crippen LogP contribution in [-0.2, 0) is 0 Å². The number of anilines is 1. The minimum absolute atomic E-state index is 0.0153. The maximum Gasteiger partial charge on any atom is 0.272 e. The van der Waals surface area contributed by atoms with Crippen LogP contribution in [0.2, 0.25) is 0 Å². The molecule has 1 saturated heterocycles. The topological polar surface area (TPSA) is 52.6 Å². The van der Waals surface area contributed by atoms with E-state index in [1.807, 2.05) is 11.0 Å². The lowest BCUT2D eigenvalue weighted by Gasteiger charge is -2.33. The van der Waals surface area contributed by atoms with E-state index < -0.39 is 0 Å². The molecule has 22 heavy (non-hydrogen) atoms. The van der Waals surface area contributed by atoms with Gasteiger partial charge in [-0.05, 0) is 19.9 Å². The monoisotopic (exact) mass is 305 g/mol. The molecule has 1 aliphatic rings. The lowest BCUT2D eigenvalue weighted by Crippen LogP contribution is -2.45. The average molecular weight is 305 g/mol. The summed E-state index contributed by atoms with van der Waals surface area (Å²) in [6, 6.07) is 1.84. The molecule has 1 aromatic heterocycles. The summed E-state index contributed by atoms with van der Waals surface area (Å²) in [4.78, 5) is 27.6. The van der Waals surface area contributed by atoms with E-state index in [1.54, 1.807) is 0 Å². The largest absolute Gasteiger partial charge is 0.354 e. The molecular formula is C16H27N5O. The van der Waals surface area contributed by atoms with E-state index in [-0.39, 0.29) is 5.91 Å². The molecule has 0 N–H and O–H groups in total. The summed E-state index contributed by atoms with van der Waals surface area (Å²) >= 11 is 0. The number of hydrogen-bond acceptors (Lipinski definition) is 5. The van der Waals surface area contributed by atoms with Crippen molar-refractivity contribution >= 4 is 11.7 Å². The van der Waals surface area contributed by atoms with Crippen molar-refractivity contribution in [2.24, 2.45) is 0 Å². The van der Waals surface area contributed by atoms with Crippen molar-refractivity contribution in [1.82, 2.24) is 19.8 Å². The zero-order valence-corrected chi connectivity index (χ0v) is 14.0. The third kappa shape index (κ3) is 4.16. The Morgan fingerprint density at radius 3 is 2.36 bits per heavy atom. The number of likely N-dealkylation sites (N-methyl/N-ethyl adjacent to an activating group) is 1. The van der Waals surface area contributed by atoms with Gasteiger partial charge in [0.2, 0.25) is 0 Å². The van der Waals surface area contributed by atoms with E-state index in [4.69, 9.17) is 0 Å². The zero-order valence-electron chi connectivity index (χ0n) is 14.0. The second-order valence-electron chi connectivity index (χ2n) is 5.84. The van der Waals surface area contributed by atoms with Crippen LogP contribution in [0.1, 0.15) is 37.2 Å². The molecule has 0 radical (unpaired) electrons. The van der Waals surface area contributed by atoms with Gasteiger partial charge in [0.05, 0.1) is 0 Å². The van der Waals surface area contributed by atoms with Crippen LogP contribution >= 0.6 is 0 Å². The highest BCUT2D eigenvalue weighted by atomic mass is 16.2. The van der Waals surface area contributed by atoms with Crippen molar-refractivity contribution in [3.05, 3.63) is 18.1 Å². The molecule has 0 bridgehead atoms. The fourth-order valence-corrected chi connectivity index (χ4v) is 2.69. The predicted molar refractivity (Wildman–Crippen MR) is 88.2 cm³/mol. The van der Waals surface area contributed by atoms with E-state index in [9.17, 15) is 4.79 Å². The maximum absolute atomic E-state index is 12.6. The first-order valence-corrected chi connectivity index (χ1v) is 8.20. The molecule has 1 aliphatic heterocycles. The van der Waals surface area contributed by atoms with Crippen molar-refractivity contribution in [2.75, 3.05) is 51.2 Å². The second-order valence-corrected chi connectivity index (χ2v) is 5.84. The number of carbonyl (C=O) groups excluding carboxylic acids is 1. The molecule has 122 valence electrons. The van der Waals surface area contributed by atoms with Gasteiger partial charge in [-0.15, -0.1) is 0 Å². The van der Waals surface area contributed by atoms with Crippen LogP contribution in [0, 0.1) is 0 Å². The Balaban J connectivity index is 2.11. The van der Waals surface area contributed by atoms with Gasteiger partial charge in [-0.2, -0.15) is 0 Å². The summed E-state index contributed by atoms with van der Waals surface area (Å²) in [5, 5.41) is 0. The highest BCUT2D eigenvalue weighted by molar-refractivity contribution is 5.92. The van der Waals surface area contributed by atoms with Crippen LogP contribution in [-0.4, -0.2) is 72.0 Å². The van der Waals surface area contributed by atoms with Gasteiger partial charge in [0.15, 0.2) is 0 Å². The van der Waals surface area contributed by atoms with Gasteiger partial charge in [0.25, 0.3) is 5.91 Å². The molecule has 6 heteroatoms. The van der Waals surface area contributed by atoms with Crippen LogP contribution in [0.25, 0.3) is 0 Å². The molecule has 0 spiro atoms. The van der Waals surface area contributed by atoms with E-state index >= 15 is 0 Å². The molecule has 0 unspecified atom stereocenters. The number of piperazine rings is 1. The highest BCUT2D eigenvalue weighted by Crippen LogP contribution is 2.14. The molecule has 2 rings (SSSR count). The molecule has 6 nitrogen and oxygen atoms in total. The van der Waals surface area contributed by atoms with Crippen LogP contribution in [0.3, 0.4) is 0 Å². The molecule has 0 saturated carbocycles. The van der Waals surface area contributed by atoms with Gasteiger partial charge < -0.3 is 14.7 Å². The van der Waals surface area contributed by atoms with Gasteiger partial charge in [-0.3, -0.25) is 4.79 Å². The lowest BCUT2D eigenvalue weighted by atomic mass is 10.2. The van der Waals surface area contributed by atoms with Crippen LogP contribution < -0.4 is 4.90 Å². The van der Waals surface area contributed by atoms with Crippen LogP contribution in [0.4, 0.5) is 5.82 Å². The smallest absolute Gasteiger partial charge is 0.272 e. The van der Waals surface area contributed by atoms with Gasteiger partial charge in [0.1, 0.15) is 17.8 Å². The minimum Gasteiger partial charge on any atom is -0.354 e. The second kappa shape index (κ2) is 8.08. The molecule has 0 atom stereocenters. The SMILES string of the molecule is CCCN(CCC)C(=O)c1cc(N2CCN(C)CC2)ncn1. The fraction of sp³-hybridized carbons (Fsp3) is 0.688. The number of hydrogen-bond donors (Lipinski definition) is 0. The quantitative estimate of drug-likeness (QED) is 0.797. The Morgan fingerprint density at radius 1 is 1.14 bits per heavy atom. The molecule has 0 aliphatic carbocycles. The standard InChI is InChI=1S/C16H27N5O/c1-4-6-21(7-5-2)16(22)14-12-15(18-13-17-14)20-10-8-19(3)9-11-20/h12-13H,4-11H2,1-3H3. The predicted octanol–water partition coefficient (Wildman–Crippen LogP) is 1.49. The molecular weight excluding hydrogens is 278 g/mol. The van der Waals surface area contributed by atoms with E-state index in [1.165, 1.54) is 6.33 Å². The summed E-state index contributed by atoms with van der Waals surface area (Å²) in [5.41, 5.74) is 0.505. The normalized spacial score (nSPS) is 15.9. The first-order valence-electron chi connectivity index (χ1n) is 8.20. The summed E-state index contributed by atoms with van der Waals surface area (Å²) in [7, 11) is 2.12. The summed E-state index contributed by atoms with van der Waals surface area (Å²) in [6.07, 6.45) is 3.43. The molecule has 1 amide bonds. The summed E-state index contributed by atoms with van der Waals surface area (Å²) in [5.74, 6) is 0.876. The highest BCUT2D eigenvalue weighted by Gasteiger charge is 2.19. The van der Waals surface area contributed by atoms with Gasteiger partial charge in [-0.1, -0.05) is 13.8 Å². The summed E-state index contributed by atoms with van der Waals surface area (Å²) in [6.45, 7) is 9.65. The number of amides is 1. The summed E-state index contributed by atoms with van der Waals surface area (Å²) < 4.78 is 0. The van der Waals surface area contributed by atoms with Crippen LogP contribution in [0.5, 0.6) is 0 Å². The maximum atomic E-state index is 12.6. The van der Waals surface area contributed by atoms with Crippen molar-refractivity contribution in [3.63, 3.8) is 0 Å². The van der Waals surface area contributed by atoms with Crippen molar-refractivity contribution in [2.45, 2.75) is 26.7 Å². The molecule has 1 fully saturated rings. The molecule has 1 aromatic rings. The lowest BCUT2D eigenvalue weighted by molar-refractivity contribution is 0.0749. The number of rotatable bonds is 6. The first kappa shape index (κ1) is 16.7. The van der Waals surface area contributed by atoms with E-state index in [0.29, 0.717) is 5.69 Å². The van der Waals surface area contributed by atoms with Gasteiger partial charge in [-0.25, -0.2) is 9.97 Å². The zero-order chi connectivity index (χ0) is 15.9. The average Bonchev–Trinajstić information content (AvgIpc) is 2.55. The Bertz CT molecular complexity index is 479. The van der Waals surface area contributed by atoms with E-state index in [2.05, 4.69) is 40.7 Å². The minimum atomic E-state index is 0.0153. The Morgan fingerprint density at radius 2 is 1.77 bits per heavy atom. The molecule has 0 aromatic carbocycles.